The van der Waals surface area contributed by atoms with E-state index in [0.717, 1.165) is 89.9 Å². The fraction of sp³-hybridized carbons (Fsp3) is 0.762. The highest BCUT2D eigenvalue weighted by Gasteiger charge is 2.19. The van der Waals surface area contributed by atoms with Crippen LogP contribution in [0.1, 0.15) is 290 Å². The average molecular weight is 964 g/mol. The summed E-state index contributed by atoms with van der Waals surface area (Å²) in [5.74, 6) is -0.918. The van der Waals surface area contributed by atoms with Crippen LogP contribution < -0.4 is 0 Å². The molecule has 0 radical (unpaired) electrons. The molecule has 398 valence electrons. The molecule has 1 unspecified atom stereocenters. The number of esters is 3. The second kappa shape index (κ2) is 57.4. The summed E-state index contributed by atoms with van der Waals surface area (Å²) >= 11 is 0. The molecule has 0 spiro atoms. The number of rotatable bonds is 53. The van der Waals surface area contributed by atoms with Crippen molar-refractivity contribution in [2.45, 2.75) is 297 Å². The van der Waals surface area contributed by atoms with Gasteiger partial charge in [0.25, 0.3) is 0 Å². The van der Waals surface area contributed by atoms with Gasteiger partial charge in [-0.25, -0.2) is 0 Å². The van der Waals surface area contributed by atoms with E-state index in [9.17, 15) is 14.4 Å². The van der Waals surface area contributed by atoms with Gasteiger partial charge < -0.3 is 14.2 Å². The molecular formula is C63H110O6. The van der Waals surface area contributed by atoms with Gasteiger partial charge in [0.05, 0.1) is 0 Å². The fourth-order valence-corrected chi connectivity index (χ4v) is 8.25. The molecule has 0 aromatic heterocycles. The molecule has 0 N–H and O–H groups in total. The van der Waals surface area contributed by atoms with Gasteiger partial charge in [-0.15, -0.1) is 0 Å². The Bertz CT molecular complexity index is 1290. The Morgan fingerprint density at radius 2 is 0.565 bits per heavy atom. The van der Waals surface area contributed by atoms with E-state index in [-0.39, 0.29) is 31.1 Å². The molecule has 0 aromatic rings. The molecule has 0 fully saturated rings. The van der Waals surface area contributed by atoms with Crippen LogP contribution in [0.2, 0.25) is 0 Å². The van der Waals surface area contributed by atoms with Gasteiger partial charge in [-0.2, -0.15) is 0 Å². The summed E-state index contributed by atoms with van der Waals surface area (Å²) in [4.78, 5) is 38.2. The Morgan fingerprint density at radius 1 is 0.304 bits per heavy atom. The first-order valence-electron chi connectivity index (χ1n) is 29.4. The van der Waals surface area contributed by atoms with Gasteiger partial charge in [-0.05, 0) is 109 Å². The van der Waals surface area contributed by atoms with E-state index in [1.807, 2.05) is 0 Å². The van der Waals surface area contributed by atoms with Crippen molar-refractivity contribution in [3.8, 4) is 0 Å². The zero-order valence-corrected chi connectivity index (χ0v) is 45.6. The second-order valence-corrected chi connectivity index (χ2v) is 19.5. The number of carbonyl (C=O) groups excluding carboxylic acids is 3. The molecule has 0 aliphatic heterocycles. The standard InChI is InChI=1S/C63H110O6/c1-4-7-10-13-16-19-22-25-27-29-30-31-32-34-35-38-41-44-47-50-53-56-62(65)68-59-60(58-67-61(64)55-52-49-46-43-40-37-24-21-18-15-12-9-6-3)69-63(66)57-54-51-48-45-42-39-36-33-28-26-23-20-17-14-11-8-5-2/h9,12,18,21-22,25-26,28-30,37,40,60H,4-8,10-11,13-17,19-20,23-24,27,31-36,38-39,41-59H2,1-3H3/b12-9-,21-18-,25-22-,28-26-,30-29-,40-37-. The van der Waals surface area contributed by atoms with Gasteiger partial charge in [0.1, 0.15) is 13.2 Å². The predicted octanol–water partition coefficient (Wildman–Crippen LogP) is 19.8. The van der Waals surface area contributed by atoms with E-state index in [0.29, 0.717) is 19.3 Å². The third-order valence-corrected chi connectivity index (χ3v) is 12.7. The van der Waals surface area contributed by atoms with Crippen molar-refractivity contribution in [2.24, 2.45) is 0 Å². The molecule has 69 heavy (non-hydrogen) atoms. The van der Waals surface area contributed by atoms with Crippen LogP contribution in [0.25, 0.3) is 0 Å². The molecule has 0 aliphatic carbocycles. The number of ether oxygens (including phenoxy) is 3. The van der Waals surface area contributed by atoms with Gasteiger partial charge in [-0.3, -0.25) is 14.4 Å². The minimum Gasteiger partial charge on any atom is -0.462 e. The summed E-state index contributed by atoms with van der Waals surface area (Å²) in [6.45, 7) is 6.50. The third-order valence-electron chi connectivity index (χ3n) is 12.7. The molecule has 6 heteroatoms. The van der Waals surface area contributed by atoms with Crippen molar-refractivity contribution >= 4 is 17.9 Å². The van der Waals surface area contributed by atoms with Crippen LogP contribution in [0.5, 0.6) is 0 Å². The summed E-state index contributed by atoms with van der Waals surface area (Å²) in [5.41, 5.74) is 0. The number of hydrogen-bond donors (Lipinski definition) is 0. The smallest absolute Gasteiger partial charge is 0.306 e. The molecule has 0 rings (SSSR count). The van der Waals surface area contributed by atoms with Crippen molar-refractivity contribution in [1.29, 1.82) is 0 Å². The van der Waals surface area contributed by atoms with Crippen molar-refractivity contribution in [3.63, 3.8) is 0 Å². The van der Waals surface area contributed by atoms with Crippen molar-refractivity contribution < 1.29 is 28.6 Å². The highest BCUT2D eigenvalue weighted by atomic mass is 16.6. The van der Waals surface area contributed by atoms with Crippen LogP contribution in [0.3, 0.4) is 0 Å². The molecule has 0 amide bonds. The minimum absolute atomic E-state index is 0.0881. The lowest BCUT2D eigenvalue weighted by Crippen LogP contribution is -2.30. The Labute approximate surface area is 427 Å². The van der Waals surface area contributed by atoms with Crippen LogP contribution >= 0.6 is 0 Å². The first kappa shape index (κ1) is 65.8. The number of allylic oxidation sites excluding steroid dienone is 12. The summed E-state index contributed by atoms with van der Waals surface area (Å²) < 4.78 is 16.8. The summed E-state index contributed by atoms with van der Waals surface area (Å²) in [5, 5.41) is 0. The Hall–Kier alpha value is -3.15. The van der Waals surface area contributed by atoms with Crippen LogP contribution in [-0.4, -0.2) is 37.2 Å². The van der Waals surface area contributed by atoms with Crippen LogP contribution in [0, 0.1) is 0 Å². The Balaban J connectivity index is 4.37. The largest absolute Gasteiger partial charge is 0.462 e. The lowest BCUT2D eigenvalue weighted by atomic mass is 10.1. The van der Waals surface area contributed by atoms with Crippen LogP contribution in [0.15, 0.2) is 72.9 Å². The highest BCUT2D eigenvalue weighted by molar-refractivity contribution is 5.71. The summed E-state index contributed by atoms with van der Waals surface area (Å²) in [7, 11) is 0. The molecule has 0 aromatic carbocycles. The van der Waals surface area contributed by atoms with Crippen molar-refractivity contribution in [1.82, 2.24) is 0 Å². The Kier molecular flexibility index (Phi) is 54.8. The molecule has 6 nitrogen and oxygen atoms in total. The summed E-state index contributed by atoms with van der Waals surface area (Å²) in [6.07, 6.45) is 73.2. The Morgan fingerprint density at radius 3 is 0.913 bits per heavy atom. The van der Waals surface area contributed by atoms with E-state index in [4.69, 9.17) is 14.2 Å². The molecule has 0 bridgehead atoms. The highest BCUT2D eigenvalue weighted by Crippen LogP contribution is 2.15. The van der Waals surface area contributed by atoms with Crippen LogP contribution in [-0.2, 0) is 28.6 Å². The first-order valence-corrected chi connectivity index (χ1v) is 29.4. The number of unbranched alkanes of at least 4 members (excludes halogenated alkanes) is 30. The average Bonchev–Trinajstić information content (AvgIpc) is 3.35. The van der Waals surface area contributed by atoms with E-state index < -0.39 is 6.10 Å². The van der Waals surface area contributed by atoms with Gasteiger partial charge in [0.15, 0.2) is 6.10 Å². The fourth-order valence-electron chi connectivity index (χ4n) is 8.25. The van der Waals surface area contributed by atoms with Gasteiger partial charge in [0, 0.05) is 19.3 Å². The van der Waals surface area contributed by atoms with Crippen molar-refractivity contribution in [2.75, 3.05) is 13.2 Å². The lowest BCUT2D eigenvalue weighted by molar-refractivity contribution is -0.167. The topological polar surface area (TPSA) is 78.9 Å². The molecule has 1 atom stereocenters. The van der Waals surface area contributed by atoms with E-state index in [2.05, 4.69) is 93.7 Å². The minimum atomic E-state index is -0.792. The molecular weight excluding hydrogens is 853 g/mol. The lowest BCUT2D eigenvalue weighted by Gasteiger charge is -2.18. The second-order valence-electron chi connectivity index (χ2n) is 19.5. The third kappa shape index (κ3) is 55.6. The first-order chi connectivity index (χ1) is 34.0. The SMILES string of the molecule is CC/C=C\C/C=C\C/C=C\CCCCCC(=O)OCC(COC(=O)CCCCCCCCCCC/C=C\C/C=C\CCCCCCC)OC(=O)CCCCCCCCC/C=C\CCCCCCCC. The molecule has 0 saturated carbocycles. The zero-order chi connectivity index (χ0) is 50.0. The monoisotopic (exact) mass is 963 g/mol. The number of carbonyl (C=O) groups is 3. The maximum atomic E-state index is 12.9. The van der Waals surface area contributed by atoms with Gasteiger partial charge >= 0.3 is 17.9 Å². The maximum absolute atomic E-state index is 12.9. The quantitative estimate of drug-likeness (QED) is 0.0262. The van der Waals surface area contributed by atoms with E-state index in [1.54, 1.807) is 0 Å². The van der Waals surface area contributed by atoms with Gasteiger partial charge in [-0.1, -0.05) is 235 Å². The van der Waals surface area contributed by atoms with Gasteiger partial charge in [0.2, 0.25) is 0 Å². The predicted molar refractivity (Wildman–Crippen MR) is 298 cm³/mol. The number of hydrogen-bond acceptors (Lipinski definition) is 6. The van der Waals surface area contributed by atoms with E-state index in [1.165, 1.54) is 161 Å². The molecule has 0 heterocycles. The summed E-state index contributed by atoms with van der Waals surface area (Å²) in [6, 6.07) is 0. The van der Waals surface area contributed by atoms with E-state index >= 15 is 0 Å². The maximum Gasteiger partial charge on any atom is 0.306 e. The normalized spacial score (nSPS) is 12.6. The zero-order valence-electron chi connectivity index (χ0n) is 45.6. The molecule has 0 aliphatic rings. The molecule has 0 saturated heterocycles. The van der Waals surface area contributed by atoms with Crippen molar-refractivity contribution in [3.05, 3.63) is 72.9 Å². The van der Waals surface area contributed by atoms with Crippen LogP contribution in [0.4, 0.5) is 0 Å².